The highest BCUT2D eigenvalue weighted by Gasteiger charge is 2.48. The van der Waals surface area contributed by atoms with E-state index < -0.39 is 27.8 Å². The molecule has 1 aliphatic rings. The maximum atomic E-state index is 11.8. The van der Waals surface area contributed by atoms with E-state index in [0.717, 1.165) is 5.56 Å². The third-order valence-electron chi connectivity index (χ3n) is 3.48. The van der Waals surface area contributed by atoms with Gasteiger partial charge in [-0.15, -0.1) is 0 Å². The summed E-state index contributed by atoms with van der Waals surface area (Å²) in [5, 5.41) is 11.4. The molecule has 3 N–H and O–H groups in total. The van der Waals surface area contributed by atoms with Crippen molar-refractivity contribution in [1.82, 2.24) is 10.0 Å². The van der Waals surface area contributed by atoms with E-state index in [1.165, 1.54) is 12.1 Å². The van der Waals surface area contributed by atoms with Crippen molar-refractivity contribution in [3.05, 3.63) is 29.8 Å². The average Bonchev–Trinajstić information content (AvgIpc) is 3.26. The zero-order valence-electron chi connectivity index (χ0n) is 12.1. The SMILES string of the molecule is CCNS(=O)(=O)c1ccc(CNC(=O)C2CC2C(=O)O)cc1. The molecule has 0 bridgehead atoms. The molecular weight excluding hydrogens is 308 g/mol. The molecule has 0 aliphatic heterocycles. The van der Waals surface area contributed by atoms with Gasteiger partial charge in [-0.1, -0.05) is 19.1 Å². The molecule has 120 valence electrons. The molecule has 0 heterocycles. The van der Waals surface area contributed by atoms with Crippen molar-refractivity contribution in [3.63, 3.8) is 0 Å². The van der Waals surface area contributed by atoms with Crippen LogP contribution in [0.5, 0.6) is 0 Å². The molecule has 8 heteroatoms. The highest BCUT2D eigenvalue weighted by atomic mass is 32.2. The van der Waals surface area contributed by atoms with E-state index >= 15 is 0 Å². The number of aliphatic carboxylic acids is 1. The summed E-state index contributed by atoms with van der Waals surface area (Å²) >= 11 is 0. The summed E-state index contributed by atoms with van der Waals surface area (Å²) in [6.07, 6.45) is 0.376. The fourth-order valence-electron chi connectivity index (χ4n) is 2.14. The predicted octanol–water partition coefficient (Wildman–Crippen LogP) is 0.322. The Morgan fingerprint density at radius 1 is 1.23 bits per heavy atom. The van der Waals surface area contributed by atoms with Crippen LogP contribution in [0.15, 0.2) is 29.2 Å². The van der Waals surface area contributed by atoms with Crippen molar-refractivity contribution in [2.45, 2.75) is 24.8 Å². The lowest BCUT2D eigenvalue weighted by Crippen LogP contribution is -2.26. The number of benzene rings is 1. The van der Waals surface area contributed by atoms with Crippen molar-refractivity contribution in [1.29, 1.82) is 0 Å². The number of rotatable bonds is 7. The van der Waals surface area contributed by atoms with Crippen LogP contribution in [0.25, 0.3) is 0 Å². The van der Waals surface area contributed by atoms with Gasteiger partial charge in [0.1, 0.15) is 0 Å². The molecule has 1 fully saturated rings. The smallest absolute Gasteiger partial charge is 0.307 e. The Hall–Kier alpha value is -1.93. The molecule has 0 saturated heterocycles. The molecule has 2 atom stereocenters. The van der Waals surface area contributed by atoms with Crippen LogP contribution in [0.4, 0.5) is 0 Å². The lowest BCUT2D eigenvalue weighted by Gasteiger charge is -2.07. The molecule has 1 amide bonds. The molecule has 1 aromatic rings. The number of sulfonamides is 1. The van der Waals surface area contributed by atoms with Gasteiger partial charge < -0.3 is 10.4 Å². The van der Waals surface area contributed by atoms with Crippen LogP contribution in [0.3, 0.4) is 0 Å². The van der Waals surface area contributed by atoms with Gasteiger partial charge in [-0.05, 0) is 24.1 Å². The molecule has 1 aromatic carbocycles. The Bertz CT molecular complexity index is 669. The van der Waals surface area contributed by atoms with E-state index in [0.29, 0.717) is 13.0 Å². The first-order chi connectivity index (χ1) is 10.3. The first-order valence-corrected chi connectivity index (χ1v) is 8.42. The fraction of sp³-hybridized carbons (Fsp3) is 0.429. The zero-order valence-corrected chi connectivity index (χ0v) is 12.9. The molecule has 0 radical (unpaired) electrons. The second-order valence-corrected chi connectivity index (χ2v) is 6.92. The van der Waals surface area contributed by atoms with Gasteiger partial charge in [-0.3, -0.25) is 9.59 Å². The summed E-state index contributed by atoms with van der Waals surface area (Å²) in [5.74, 6) is -2.26. The van der Waals surface area contributed by atoms with Crippen LogP contribution in [-0.4, -0.2) is 31.9 Å². The number of hydrogen-bond acceptors (Lipinski definition) is 4. The number of hydrogen-bond donors (Lipinski definition) is 3. The summed E-state index contributed by atoms with van der Waals surface area (Å²) < 4.78 is 25.9. The molecule has 7 nitrogen and oxygen atoms in total. The first kappa shape index (κ1) is 16.4. The van der Waals surface area contributed by atoms with Crippen LogP contribution in [0, 0.1) is 11.8 Å². The molecule has 1 aliphatic carbocycles. The Morgan fingerprint density at radius 3 is 2.36 bits per heavy atom. The van der Waals surface area contributed by atoms with E-state index in [1.54, 1.807) is 19.1 Å². The van der Waals surface area contributed by atoms with Gasteiger partial charge in [-0.2, -0.15) is 0 Å². The topological polar surface area (TPSA) is 113 Å². The number of nitrogens with one attached hydrogen (secondary N) is 2. The monoisotopic (exact) mass is 326 g/mol. The Morgan fingerprint density at radius 2 is 1.86 bits per heavy atom. The van der Waals surface area contributed by atoms with Gasteiger partial charge >= 0.3 is 5.97 Å². The highest BCUT2D eigenvalue weighted by Crippen LogP contribution is 2.38. The van der Waals surface area contributed by atoms with Crippen LogP contribution in [0.2, 0.25) is 0 Å². The van der Waals surface area contributed by atoms with Crippen LogP contribution in [-0.2, 0) is 26.2 Å². The maximum Gasteiger partial charge on any atom is 0.307 e. The Kier molecular flexibility index (Phi) is 4.82. The second-order valence-electron chi connectivity index (χ2n) is 5.15. The molecule has 1 saturated carbocycles. The third-order valence-corrected chi connectivity index (χ3v) is 5.04. The predicted molar refractivity (Wildman–Crippen MR) is 78.4 cm³/mol. The zero-order chi connectivity index (χ0) is 16.3. The lowest BCUT2D eigenvalue weighted by atomic mass is 10.2. The standard InChI is InChI=1S/C14H18N2O5S/c1-2-16-22(20,21)10-5-3-9(4-6-10)8-15-13(17)11-7-12(11)14(18)19/h3-6,11-12,16H,2,7-8H2,1H3,(H,15,17)(H,18,19). The number of carbonyl (C=O) groups is 2. The minimum absolute atomic E-state index is 0.164. The minimum Gasteiger partial charge on any atom is -0.481 e. The average molecular weight is 326 g/mol. The summed E-state index contributed by atoms with van der Waals surface area (Å²) in [5.41, 5.74) is 0.747. The van der Waals surface area contributed by atoms with Gasteiger partial charge in [0.15, 0.2) is 0 Å². The summed E-state index contributed by atoms with van der Waals surface area (Å²) in [4.78, 5) is 22.6. The van der Waals surface area contributed by atoms with Crippen molar-refractivity contribution in [2.24, 2.45) is 11.8 Å². The number of carboxylic acid groups (broad SMARTS) is 1. The van der Waals surface area contributed by atoms with Crippen molar-refractivity contribution in [2.75, 3.05) is 6.54 Å². The summed E-state index contributed by atoms with van der Waals surface area (Å²) in [7, 11) is -3.48. The first-order valence-electron chi connectivity index (χ1n) is 6.94. The number of carbonyl (C=O) groups excluding carboxylic acids is 1. The Balaban J connectivity index is 1.90. The maximum absolute atomic E-state index is 11.8. The second kappa shape index (κ2) is 6.45. The summed E-state index contributed by atoms with van der Waals surface area (Å²) in [6.45, 7) is 2.25. The number of carboxylic acids is 1. The van der Waals surface area contributed by atoms with Gasteiger partial charge in [0.25, 0.3) is 0 Å². The molecule has 22 heavy (non-hydrogen) atoms. The van der Waals surface area contributed by atoms with Gasteiger partial charge in [-0.25, -0.2) is 13.1 Å². The number of amides is 1. The lowest BCUT2D eigenvalue weighted by molar-refractivity contribution is -0.140. The molecule has 0 aromatic heterocycles. The van der Waals surface area contributed by atoms with E-state index in [4.69, 9.17) is 5.11 Å². The van der Waals surface area contributed by atoms with Crippen molar-refractivity contribution >= 4 is 21.9 Å². The van der Waals surface area contributed by atoms with Crippen molar-refractivity contribution in [3.8, 4) is 0 Å². The van der Waals surface area contributed by atoms with Crippen LogP contribution in [0.1, 0.15) is 18.9 Å². The molecular formula is C14H18N2O5S. The largest absolute Gasteiger partial charge is 0.481 e. The molecule has 2 rings (SSSR count). The van der Waals surface area contributed by atoms with Gasteiger partial charge in [0.2, 0.25) is 15.9 Å². The molecule has 0 spiro atoms. The molecule has 2 unspecified atom stereocenters. The van der Waals surface area contributed by atoms with Gasteiger partial charge in [0.05, 0.1) is 16.7 Å². The van der Waals surface area contributed by atoms with E-state index in [9.17, 15) is 18.0 Å². The van der Waals surface area contributed by atoms with E-state index in [1.807, 2.05) is 0 Å². The normalized spacial score (nSPS) is 20.4. The van der Waals surface area contributed by atoms with Crippen molar-refractivity contribution < 1.29 is 23.1 Å². The van der Waals surface area contributed by atoms with Crippen LogP contribution >= 0.6 is 0 Å². The third kappa shape index (κ3) is 3.83. The quantitative estimate of drug-likeness (QED) is 0.668. The Labute approximate surface area is 128 Å². The van der Waals surface area contributed by atoms with Crippen LogP contribution < -0.4 is 10.0 Å². The minimum atomic E-state index is -3.48. The fourth-order valence-corrected chi connectivity index (χ4v) is 3.18. The summed E-state index contributed by atoms with van der Waals surface area (Å²) in [6, 6.07) is 6.17. The van der Waals surface area contributed by atoms with Gasteiger partial charge in [0, 0.05) is 13.1 Å². The highest BCUT2D eigenvalue weighted by molar-refractivity contribution is 7.89. The van der Waals surface area contributed by atoms with E-state index in [-0.39, 0.29) is 17.3 Å². The van der Waals surface area contributed by atoms with E-state index in [2.05, 4.69) is 10.0 Å².